The van der Waals surface area contributed by atoms with E-state index in [1.54, 1.807) is 41.3 Å². The van der Waals surface area contributed by atoms with E-state index in [-0.39, 0.29) is 17.8 Å². The number of hydrogen-bond acceptors (Lipinski definition) is 5. The number of fused-ring (bicyclic) bond motifs is 1. The number of ketones is 1. The van der Waals surface area contributed by atoms with E-state index in [0.29, 0.717) is 35.7 Å². The number of anilines is 1. The van der Waals surface area contributed by atoms with Crippen molar-refractivity contribution >= 4 is 17.4 Å². The van der Waals surface area contributed by atoms with E-state index in [4.69, 9.17) is 9.47 Å². The Labute approximate surface area is 187 Å². The highest BCUT2D eigenvalue weighted by Gasteiger charge is 2.50. The summed E-state index contributed by atoms with van der Waals surface area (Å²) in [5.74, 6) is -0.000345. The van der Waals surface area contributed by atoms with Gasteiger partial charge in [-0.25, -0.2) is 0 Å². The van der Waals surface area contributed by atoms with E-state index in [1.807, 2.05) is 36.4 Å². The first-order valence-corrected chi connectivity index (χ1v) is 10.4. The first-order valence-electron chi connectivity index (χ1n) is 10.4. The van der Waals surface area contributed by atoms with Gasteiger partial charge in [-0.15, -0.1) is 0 Å². The number of benzene rings is 3. The molecule has 0 saturated carbocycles. The predicted molar refractivity (Wildman–Crippen MR) is 121 cm³/mol. The van der Waals surface area contributed by atoms with Crippen molar-refractivity contribution < 1.29 is 24.2 Å². The van der Waals surface area contributed by atoms with Crippen molar-refractivity contribution in [1.29, 1.82) is 0 Å². The van der Waals surface area contributed by atoms with Crippen molar-refractivity contribution in [3.05, 3.63) is 89.5 Å². The van der Waals surface area contributed by atoms with Crippen molar-refractivity contribution in [1.82, 2.24) is 0 Å². The largest absolute Gasteiger partial charge is 0.497 e. The maximum Gasteiger partial charge on any atom is 0.264 e. The number of hydrogen-bond donors (Lipinski definition) is 1. The molecule has 1 amide bonds. The Morgan fingerprint density at radius 3 is 2.41 bits per heavy atom. The molecule has 0 fully saturated rings. The molecule has 1 N–H and O–H groups in total. The fraction of sp³-hybridized carbons (Fsp3) is 0.231. The van der Waals surface area contributed by atoms with Crippen LogP contribution in [0.2, 0.25) is 0 Å². The van der Waals surface area contributed by atoms with E-state index in [1.165, 1.54) is 14.2 Å². The number of ether oxygens (including phenoxy) is 2. The highest BCUT2D eigenvalue weighted by Crippen LogP contribution is 2.43. The van der Waals surface area contributed by atoms with Gasteiger partial charge in [-0.1, -0.05) is 48.5 Å². The molecular weight excluding hydrogens is 406 g/mol. The molecule has 3 aromatic rings. The number of amides is 1. The Bertz CT molecular complexity index is 1140. The number of rotatable bonds is 8. The molecule has 1 aliphatic rings. The maximum absolute atomic E-state index is 13.4. The van der Waals surface area contributed by atoms with Crippen molar-refractivity contribution in [2.24, 2.45) is 0 Å². The van der Waals surface area contributed by atoms with Gasteiger partial charge in [0.05, 0.1) is 31.9 Å². The van der Waals surface area contributed by atoms with E-state index in [0.717, 1.165) is 5.56 Å². The molecule has 1 heterocycles. The summed E-state index contributed by atoms with van der Waals surface area (Å²) in [5.41, 5.74) is 0.515. The standard InChI is InChI=1S/C26H25NO5/c1-31-19-12-13-20(24(16-19)32-2)23(28)17-26(30)21-10-6-7-11-22(21)27(25(26)29)15-14-18-8-4-3-5-9-18/h3-13,16,30H,14-15,17H2,1-2H3. The van der Waals surface area contributed by atoms with Gasteiger partial charge in [0.15, 0.2) is 11.4 Å². The van der Waals surface area contributed by atoms with Crippen LogP contribution in [-0.2, 0) is 16.8 Å². The number of nitrogens with zero attached hydrogens (tertiary/aromatic N) is 1. The Hall–Kier alpha value is -3.64. The molecule has 0 aliphatic carbocycles. The Kier molecular flexibility index (Phi) is 5.97. The van der Waals surface area contributed by atoms with Crippen LogP contribution in [0.15, 0.2) is 72.8 Å². The normalized spacial score (nSPS) is 17.2. The Balaban J connectivity index is 1.62. The zero-order chi connectivity index (χ0) is 22.7. The van der Waals surface area contributed by atoms with Gasteiger partial charge < -0.3 is 19.5 Å². The summed E-state index contributed by atoms with van der Waals surface area (Å²) in [4.78, 5) is 28.1. The third kappa shape index (κ3) is 3.85. The molecule has 4 rings (SSSR count). The summed E-state index contributed by atoms with van der Waals surface area (Å²) in [5, 5.41) is 11.5. The van der Waals surface area contributed by atoms with Gasteiger partial charge in [0.2, 0.25) is 0 Å². The summed E-state index contributed by atoms with van der Waals surface area (Å²) < 4.78 is 10.5. The van der Waals surface area contributed by atoms with Crippen molar-refractivity contribution in [2.45, 2.75) is 18.4 Å². The van der Waals surface area contributed by atoms with Gasteiger partial charge in [-0.05, 0) is 30.2 Å². The lowest BCUT2D eigenvalue weighted by Gasteiger charge is -2.23. The summed E-state index contributed by atoms with van der Waals surface area (Å²) in [6, 6.07) is 21.8. The fourth-order valence-electron chi connectivity index (χ4n) is 4.14. The molecule has 0 aromatic heterocycles. The average Bonchev–Trinajstić information content (AvgIpc) is 3.04. The topological polar surface area (TPSA) is 76.1 Å². The van der Waals surface area contributed by atoms with Crippen LogP contribution in [0.5, 0.6) is 11.5 Å². The van der Waals surface area contributed by atoms with Gasteiger partial charge in [0.25, 0.3) is 5.91 Å². The second-order valence-corrected chi connectivity index (χ2v) is 7.74. The lowest BCUT2D eigenvalue weighted by molar-refractivity contribution is -0.135. The van der Waals surface area contributed by atoms with Gasteiger partial charge in [-0.2, -0.15) is 0 Å². The van der Waals surface area contributed by atoms with Crippen molar-refractivity contribution in [3.8, 4) is 11.5 Å². The zero-order valence-corrected chi connectivity index (χ0v) is 18.1. The lowest BCUT2D eigenvalue weighted by Crippen LogP contribution is -2.42. The summed E-state index contributed by atoms with van der Waals surface area (Å²) in [6.07, 6.45) is 0.255. The minimum Gasteiger partial charge on any atom is -0.497 e. The van der Waals surface area contributed by atoms with Gasteiger partial charge in [-0.3, -0.25) is 9.59 Å². The smallest absolute Gasteiger partial charge is 0.264 e. The molecule has 32 heavy (non-hydrogen) atoms. The molecule has 0 saturated heterocycles. The number of aliphatic hydroxyl groups is 1. The van der Waals surface area contributed by atoms with Crippen LogP contribution >= 0.6 is 0 Å². The first kappa shape index (κ1) is 21.6. The summed E-state index contributed by atoms with van der Waals surface area (Å²) >= 11 is 0. The number of para-hydroxylation sites is 1. The quantitative estimate of drug-likeness (QED) is 0.550. The first-order chi connectivity index (χ1) is 15.5. The molecule has 1 atom stereocenters. The molecule has 164 valence electrons. The summed E-state index contributed by atoms with van der Waals surface area (Å²) in [6.45, 7) is 0.405. The lowest BCUT2D eigenvalue weighted by atomic mass is 9.88. The molecule has 3 aromatic carbocycles. The van der Waals surface area contributed by atoms with Gasteiger partial charge in [0.1, 0.15) is 11.5 Å². The second kappa shape index (κ2) is 8.85. The van der Waals surface area contributed by atoms with Crippen LogP contribution in [-0.4, -0.2) is 37.6 Å². The molecule has 1 aliphatic heterocycles. The molecule has 0 spiro atoms. The zero-order valence-electron chi connectivity index (χ0n) is 18.1. The minimum atomic E-state index is -1.94. The monoisotopic (exact) mass is 431 g/mol. The van der Waals surface area contributed by atoms with Crippen LogP contribution in [0.1, 0.15) is 27.9 Å². The highest BCUT2D eigenvalue weighted by molar-refractivity contribution is 6.11. The average molecular weight is 431 g/mol. The number of Topliss-reactive ketones (excluding diaryl/α,β-unsaturated/α-hetero) is 1. The Morgan fingerprint density at radius 2 is 1.69 bits per heavy atom. The van der Waals surface area contributed by atoms with Crippen LogP contribution in [0.4, 0.5) is 5.69 Å². The summed E-state index contributed by atoms with van der Waals surface area (Å²) in [7, 11) is 2.98. The number of carbonyl (C=O) groups excluding carboxylic acids is 2. The second-order valence-electron chi connectivity index (χ2n) is 7.74. The third-order valence-electron chi connectivity index (χ3n) is 5.83. The Morgan fingerprint density at radius 1 is 0.969 bits per heavy atom. The van der Waals surface area contributed by atoms with E-state index in [2.05, 4.69) is 0 Å². The van der Waals surface area contributed by atoms with E-state index >= 15 is 0 Å². The minimum absolute atomic E-state index is 0.287. The predicted octanol–water partition coefficient (Wildman–Crippen LogP) is 3.75. The van der Waals surface area contributed by atoms with E-state index in [9.17, 15) is 14.7 Å². The SMILES string of the molecule is COc1ccc(C(=O)CC2(O)C(=O)N(CCc3ccccc3)c3ccccc32)c(OC)c1. The molecule has 0 bridgehead atoms. The molecular formula is C26H25NO5. The number of carbonyl (C=O) groups is 2. The molecule has 1 unspecified atom stereocenters. The molecule has 0 radical (unpaired) electrons. The molecule has 6 nitrogen and oxygen atoms in total. The highest BCUT2D eigenvalue weighted by atomic mass is 16.5. The van der Waals surface area contributed by atoms with Crippen LogP contribution in [0, 0.1) is 0 Å². The third-order valence-corrected chi connectivity index (χ3v) is 5.83. The van der Waals surface area contributed by atoms with Gasteiger partial charge in [0, 0.05) is 18.2 Å². The van der Waals surface area contributed by atoms with E-state index < -0.39 is 11.5 Å². The fourth-order valence-corrected chi connectivity index (χ4v) is 4.14. The van der Waals surface area contributed by atoms with Crippen LogP contribution in [0.25, 0.3) is 0 Å². The van der Waals surface area contributed by atoms with Crippen molar-refractivity contribution in [3.63, 3.8) is 0 Å². The van der Waals surface area contributed by atoms with Gasteiger partial charge >= 0.3 is 0 Å². The molecule has 6 heteroatoms. The van der Waals surface area contributed by atoms with Crippen LogP contribution < -0.4 is 14.4 Å². The number of methoxy groups -OCH3 is 2. The maximum atomic E-state index is 13.4. The van der Waals surface area contributed by atoms with Crippen LogP contribution in [0.3, 0.4) is 0 Å². The van der Waals surface area contributed by atoms with Crippen molar-refractivity contribution in [2.75, 3.05) is 25.7 Å².